The highest BCUT2D eigenvalue weighted by molar-refractivity contribution is 5.12. The van der Waals surface area contributed by atoms with Crippen LogP contribution in [0.3, 0.4) is 0 Å². The summed E-state index contributed by atoms with van der Waals surface area (Å²) in [6.07, 6.45) is 8.88. The van der Waals surface area contributed by atoms with E-state index in [0.29, 0.717) is 5.41 Å². The third-order valence-electron chi connectivity index (χ3n) is 6.27. The molecule has 1 aliphatic carbocycles. The molecule has 2 nitrogen and oxygen atoms in total. The van der Waals surface area contributed by atoms with Crippen molar-refractivity contribution in [1.82, 2.24) is 5.06 Å². The molecule has 3 atom stereocenters. The molecule has 2 bridgehead atoms. The monoisotopic (exact) mass is 291 g/mol. The number of hydrogen-bond acceptors (Lipinski definition) is 2. The highest BCUT2D eigenvalue weighted by Crippen LogP contribution is 2.59. The fourth-order valence-corrected chi connectivity index (χ4v) is 3.97. The van der Waals surface area contributed by atoms with Gasteiger partial charge in [-0.15, -0.1) is 6.58 Å². The molecule has 0 aromatic carbocycles. The zero-order valence-corrected chi connectivity index (χ0v) is 14.8. The Morgan fingerprint density at radius 2 is 2.05 bits per heavy atom. The topological polar surface area (TPSA) is 12.5 Å². The van der Waals surface area contributed by atoms with E-state index in [1.165, 1.54) is 18.4 Å². The van der Waals surface area contributed by atoms with Gasteiger partial charge in [-0.05, 0) is 64.7 Å². The molecule has 0 spiro atoms. The molecule has 2 fully saturated rings. The molecule has 1 saturated heterocycles. The summed E-state index contributed by atoms with van der Waals surface area (Å²) in [5.41, 5.74) is 1.61. The molecule has 120 valence electrons. The lowest BCUT2D eigenvalue weighted by Gasteiger charge is -2.44. The summed E-state index contributed by atoms with van der Waals surface area (Å²) in [6.45, 7) is 18.7. The Balaban J connectivity index is 2.06. The highest BCUT2D eigenvalue weighted by atomic mass is 16.7. The average molecular weight is 291 g/mol. The van der Waals surface area contributed by atoms with Gasteiger partial charge in [-0.3, -0.25) is 4.84 Å². The van der Waals surface area contributed by atoms with Crippen LogP contribution in [0, 0.1) is 11.3 Å². The first-order valence-electron chi connectivity index (χ1n) is 8.38. The van der Waals surface area contributed by atoms with E-state index >= 15 is 0 Å². The third kappa shape index (κ3) is 2.85. The molecule has 0 aromatic heterocycles. The molecule has 2 heteroatoms. The van der Waals surface area contributed by atoms with E-state index in [4.69, 9.17) is 4.84 Å². The second-order valence-corrected chi connectivity index (χ2v) is 8.22. The summed E-state index contributed by atoms with van der Waals surface area (Å²) in [7, 11) is 0. The molecular formula is C19H33NO. The van der Waals surface area contributed by atoms with Crippen molar-refractivity contribution in [2.24, 2.45) is 11.3 Å². The van der Waals surface area contributed by atoms with Gasteiger partial charge in [0.2, 0.25) is 0 Å². The molecule has 2 rings (SSSR count). The van der Waals surface area contributed by atoms with E-state index in [2.05, 4.69) is 59.3 Å². The predicted molar refractivity (Wildman–Crippen MR) is 90.0 cm³/mol. The Kier molecular flexibility index (Phi) is 4.43. The first-order chi connectivity index (χ1) is 9.64. The van der Waals surface area contributed by atoms with Gasteiger partial charge in [-0.1, -0.05) is 31.6 Å². The SMILES string of the molecule is C=CC(C)(CCC=C(C)C)ON1C[C@H]2CC[C@]1(C)C2(C)C. The quantitative estimate of drug-likeness (QED) is 0.630. The van der Waals surface area contributed by atoms with E-state index < -0.39 is 0 Å². The molecule has 0 N–H and O–H groups in total. The standard InChI is InChI=1S/C19H33NO/c1-8-18(6,12-9-10-15(2)3)21-20-14-16-11-13-19(20,7)17(16,4)5/h8,10,16H,1,9,11-14H2,2-7H3/t16-,18?,19-/m1/s1. The third-order valence-corrected chi connectivity index (χ3v) is 6.27. The normalized spacial score (nSPS) is 33.7. The lowest BCUT2D eigenvalue weighted by Crippen LogP contribution is -2.51. The fraction of sp³-hybridized carbons (Fsp3) is 0.789. The molecule has 0 radical (unpaired) electrons. The van der Waals surface area contributed by atoms with E-state index in [1.54, 1.807) is 0 Å². The fourth-order valence-electron chi connectivity index (χ4n) is 3.97. The minimum absolute atomic E-state index is 0.165. The molecule has 2 aliphatic rings. The Bertz CT molecular complexity index is 435. The van der Waals surface area contributed by atoms with Gasteiger partial charge in [-0.25, -0.2) is 0 Å². The number of hydroxylamine groups is 2. The van der Waals surface area contributed by atoms with Gasteiger partial charge in [0.05, 0.1) is 0 Å². The van der Waals surface area contributed by atoms with Crippen LogP contribution in [0.1, 0.15) is 67.2 Å². The number of hydrogen-bond donors (Lipinski definition) is 0. The second kappa shape index (κ2) is 5.55. The van der Waals surface area contributed by atoms with Crippen LogP contribution in [0.5, 0.6) is 0 Å². The summed E-state index contributed by atoms with van der Waals surface area (Å²) < 4.78 is 0. The van der Waals surface area contributed by atoms with Crippen molar-refractivity contribution in [3.05, 3.63) is 24.3 Å². The minimum atomic E-state index is -0.268. The van der Waals surface area contributed by atoms with Crippen molar-refractivity contribution in [3.63, 3.8) is 0 Å². The first-order valence-corrected chi connectivity index (χ1v) is 8.38. The van der Waals surface area contributed by atoms with Crippen LogP contribution < -0.4 is 0 Å². The summed E-state index contributed by atoms with van der Waals surface area (Å²) in [5, 5.41) is 2.28. The van der Waals surface area contributed by atoms with Gasteiger partial charge in [0, 0.05) is 12.1 Å². The van der Waals surface area contributed by atoms with Gasteiger partial charge < -0.3 is 0 Å². The molecule has 1 unspecified atom stereocenters. The number of rotatable bonds is 6. The molecule has 1 heterocycles. The maximum atomic E-state index is 6.49. The van der Waals surface area contributed by atoms with Gasteiger partial charge in [0.1, 0.15) is 5.60 Å². The minimum Gasteiger partial charge on any atom is -0.288 e. The maximum absolute atomic E-state index is 6.49. The van der Waals surface area contributed by atoms with E-state index in [0.717, 1.165) is 25.3 Å². The van der Waals surface area contributed by atoms with Crippen molar-refractivity contribution in [2.45, 2.75) is 78.4 Å². The molecular weight excluding hydrogens is 258 g/mol. The largest absolute Gasteiger partial charge is 0.288 e. The van der Waals surface area contributed by atoms with Crippen LogP contribution in [0.25, 0.3) is 0 Å². The summed E-state index contributed by atoms with van der Waals surface area (Å²) in [5.74, 6) is 0.759. The Hall–Kier alpha value is -0.600. The van der Waals surface area contributed by atoms with Crippen LogP contribution in [0.4, 0.5) is 0 Å². The molecule has 0 aromatic rings. The molecule has 21 heavy (non-hydrogen) atoms. The van der Waals surface area contributed by atoms with Crippen molar-refractivity contribution < 1.29 is 4.84 Å². The van der Waals surface area contributed by atoms with Crippen molar-refractivity contribution >= 4 is 0 Å². The lowest BCUT2D eigenvalue weighted by atomic mass is 9.75. The van der Waals surface area contributed by atoms with Crippen LogP contribution in [0.2, 0.25) is 0 Å². The van der Waals surface area contributed by atoms with Gasteiger partial charge in [0.25, 0.3) is 0 Å². The lowest BCUT2D eigenvalue weighted by molar-refractivity contribution is -0.270. The number of allylic oxidation sites excluding steroid dienone is 2. The van der Waals surface area contributed by atoms with Crippen LogP contribution >= 0.6 is 0 Å². The number of fused-ring (bicyclic) bond motifs is 2. The smallest absolute Gasteiger partial charge is 0.105 e. The zero-order valence-electron chi connectivity index (χ0n) is 14.8. The highest BCUT2D eigenvalue weighted by Gasteiger charge is 2.62. The average Bonchev–Trinajstić information content (AvgIpc) is 2.71. The maximum Gasteiger partial charge on any atom is 0.105 e. The number of piperidine rings is 1. The zero-order chi connectivity index (χ0) is 15.9. The Morgan fingerprint density at radius 3 is 2.48 bits per heavy atom. The van der Waals surface area contributed by atoms with Crippen LogP contribution in [0.15, 0.2) is 24.3 Å². The van der Waals surface area contributed by atoms with Gasteiger partial charge >= 0.3 is 0 Å². The summed E-state index contributed by atoms with van der Waals surface area (Å²) in [6, 6.07) is 0. The van der Waals surface area contributed by atoms with Crippen molar-refractivity contribution in [3.8, 4) is 0 Å². The second-order valence-electron chi connectivity index (χ2n) is 8.22. The molecule has 1 saturated carbocycles. The Morgan fingerprint density at radius 1 is 1.38 bits per heavy atom. The van der Waals surface area contributed by atoms with Crippen LogP contribution in [-0.2, 0) is 4.84 Å². The van der Waals surface area contributed by atoms with Crippen molar-refractivity contribution in [1.29, 1.82) is 0 Å². The van der Waals surface area contributed by atoms with Crippen LogP contribution in [-0.4, -0.2) is 22.7 Å². The Labute approximate surface area is 131 Å². The van der Waals surface area contributed by atoms with Gasteiger partial charge in [0.15, 0.2) is 0 Å². The summed E-state index contributed by atoms with van der Waals surface area (Å²) in [4.78, 5) is 6.49. The van der Waals surface area contributed by atoms with Crippen molar-refractivity contribution in [2.75, 3.05) is 6.54 Å². The van der Waals surface area contributed by atoms with E-state index in [9.17, 15) is 0 Å². The molecule has 0 amide bonds. The van der Waals surface area contributed by atoms with Gasteiger partial charge in [-0.2, -0.15) is 5.06 Å². The summed E-state index contributed by atoms with van der Waals surface area (Å²) >= 11 is 0. The predicted octanol–water partition coefficient (Wildman–Crippen LogP) is 5.12. The van der Waals surface area contributed by atoms with E-state index in [-0.39, 0.29) is 11.1 Å². The number of nitrogens with zero attached hydrogens (tertiary/aromatic N) is 1. The van der Waals surface area contributed by atoms with E-state index in [1.807, 2.05) is 6.08 Å². The molecule has 1 aliphatic heterocycles. The first kappa shape index (κ1) is 16.8.